The van der Waals surface area contributed by atoms with E-state index in [1.807, 2.05) is 10.8 Å². The van der Waals surface area contributed by atoms with E-state index in [2.05, 4.69) is 47.0 Å². The molecule has 0 aliphatic rings. The van der Waals surface area contributed by atoms with E-state index in [1.165, 1.54) is 6.04 Å². The average molecular weight is 288 g/mol. The van der Waals surface area contributed by atoms with E-state index in [9.17, 15) is 0 Å². The summed E-state index contributed by atoms with van der Waals surface area (Å²) in [6.45, 7) is 8.46. The molecule has 5 nitrogen and oxygen atoms in total. The summed E-state index contributed by atoms with van der Waals surface area (Å²) in [5.41, 5.74) is 2.81. The van der Waals surface area contributed by atoms with Gasteiger partial charge in [-0.05, 0) is 18.2 Å². The van der Waals surface area contributed by atoms with Crippen molar-refractivity contribution in [1.82, 2.24) is 19.7 Å². The van der Waals surface area contributed by atoms with Crippen molar-refractivity contribution in [2.24, 2.45) is 0 Å². The first-order valence-electron chi connectivity index (χ1n) is 6.90. The van der Waals surface area contributed by atoms with Crippen LogP contribution in [0.25, 0.3) is 22.1 Å². The van der Waals surface area contributed by atoms with Gasteiger partial charge >= 0.3 is 0 Å². The van der Waals surface area contributed by atoms with Crippen LogP contribution in [0.15, 0.2) is 24.5 Å². The van der Waals surface area contributed by atoms with Crippen LogP contribution in [0.1, 0.15) is 0 Å². The van der Waals surface area contributed by atoms with Crippen molar-refractivity contribution in [3.63, 3.8) is 0 Å². The Hall–Kier alpha value is -1.66. The molecule has 0 unspecified atom stereocenters. The van der Waals surface area contributed by atoms with Gasteiger partial charge in [-0.2, -0.15) is 5.10 Å². The zero-order chi connectivity index (χ0) is 14.2. The molecule has 0 aromatic carbocycles. The van der Waals surface area contributed by atoms with Gasteiger partial charge in [0.1, 0.15) is 17.9 Å². The Balaban J connectivity index is 1.74. The molecule has 0 atom stereocenters. The van der Waals surface area contributed by atoms with Crippen LogP contribution in [0.4, 0.5) is 0 Å². The quantitative estimate of drug-likeness (QED) is 0.579. The zero-order valence-corrected chi connectivity index (χ0v) is 13.2. The molecule has 0 aliphatic carbocycles. The highest BCUT2D eigenvalue weighted by atomic mass is 28.3. The van der Waals surface area contributed by atoms with Gasteiger partial charge < -0.3 is 9.30 Å². The third-order valence-corrected chi connectivity index (χ3v) is 5.07. The molecule has 0 fully saturated rings. The van der Waals surface area contributed by atoms with Crippen LogP contribution in [0.2, 0.25) is 25.7 Å². The van der Waals surface area contributed by atoms with Crippen LogP contribution in [-0.4, -0.2) is 34.4 Å². The largest absolute Gasteiger partial charge is 0.361 e. The number of hydrogen-bond donors (Lipinski definition) is 1. The normalized spacial score (nSPS) is 12.6. The molecule has 0 saturated carbocycles. The van der Waals surface area contributed by atoms with Crippen molar-refractivity contribution in [2.75, 3.05) is 6.61 Å². The number of pyridine rings is 1. The van der Waals surface area contributed by atoms with E-state index in [0.29, 0.717) is 6.73 Å². The topological polar surface area (TPSA) is 55.7 Å². The number of H-pyrrole nitrogens is 1. The predicted octanol–water partition coefficient (Wildman–Crippen LogP) is 3.22. The third-order valence-electron chi connectivity index (χ3n) is 3.37. The fourth-order valence-electron chi connectivity index (χ4n) is 2.12. The molecule has 0 saturated heterocycles. The summed E-state index contributed by atoms with van der Waals surface area (Å²) in [4.78, 5) is 4.62. The Kier molecular flexibility index (Phi) is 3.35. The lowest BCUT2D eigenvalue weighted by Crippen LogP contribution is -2.22. The van der Waals surface area contributed by atoms with Crippen LogP contribution < -0.4 is 0 Å². The van der Waals surface area contributed by atoms with Crippen molar-refractivity contribution in [2.45, 2.75) is 32.4 Å². The number of fused-ring (bicyclic) bond motifs is 2. The number of nitrogens with one attached hydrogen (secondary N) is 1. The van der Waals surface area contributed by atoms with Gasteiger partial charge in [-0.1, -0.05) is 19.6 Å². The first-order chi connectivity index (χ1) is 9.53. The maximum Gasteiger partial charge on any atom is 0.142 e. The van der Waals surface area contributed by atoms with Gasteiger partial charge in [-0.25, -0.2) is 4.98 Å². The summed E-state index contributed by atoms with van der Waals surface area (Å²) in [7, 11) is -1.02. The minimum atomic E-state index is -1.02. The van der Waals surface area contributed by atoms with Crippen LogP contribution in [0.3, 0.4) is 0 Å². The summed E-state index contributed by atoms with van der Waals surface area (Å²) in [6.07, 6.45) is 3.77. The Morgan fingerprint density at radius 3 is 3.00 bits per heavy atom. The highest BCUT2D eigenvalue weighted by Crippen LogP contribution is 2.19. The second kappa shape index (κ2) is 5.03. The van der Waals surface area contributed by atoms with Crippen molar-refractivity contribution in [1.29, 1.82) is 0 Å². The van der Waals surface area contributed by atoms with Gasteiger partial charge in [0.25, 0.3) is 0 Å². The zero-order valence-electron chi connectivity index (χ0n) is 12.2. The number of rotatable bonds is 5. The molecule has 3 rings (SSSR count). The first-order valence-corrected chi connectivity index (χ1v) is 10.6. The van der Waals surface area contributed by atoms with Gasteiger partial charge in [0.15, 0.2) is 0 Å². The first kappa shape index (κ1) is 13.3. The lowest BCUT2D eigenvalue weighted by atomic mass is 10.3. The highest BCUT2D eigenvalue weighted by molar-refractivity contribution is 6.76. The summed E-state index contributed by atoms with van der Waals surface area (Å²) < 4.78 is 7.84. The van der Waals surface area contributed by atoms with Crippen molar-refractivity contribution in [3.8, 4) is 0 Å². The summed E-state index contributed by atoms with van der Waals surface area (Å²) >= 11 is 0. The molecule has 0 spiro atoms. The molecule has 20 heavy (non-hydrogen) atoms. The van der Waals surface area contributed by atoms with Gasteiger partial charge in [0.05, 0.1) is 11.7 Å². The highest BCUT2D eigenvalue weighted by Gasteiger charge is 2.12. The molecule has 3 heterocycles. The van der Waals surface area contributed by atoms with Gasteiger partial charge in [-0.3, -0.25) is 5.10 Å². The second-order valence-electron chi connectivity index (χ2n) is 6.34. The number of hydrogen-bond acceptors (Lipinski definition) is 3. The smallest absolute Gasteiger partial charge is 0.142 e. The summed E-state index contributed by atoms with van der Waals surface area (Å²) in [5.74, 6) is 0. The minimum Gasteiger partial charge on any atom is -0.361 e. The SMILES string of the molecule is C[Si](C)(C)CCOCn1ccc2cc3[nH]ncc3nc21. The molecular formula is C14H20N4OSi. The molecule has 0 bridgehead atoms. The molecular weight excluding hydrogens is 268 g/mol. The Morgan fingerprint density at radius 2 is 2.20 bits per heavy atom. The van der Waals surface area contributed by atoms with E-state index >= 15 is 0 Å². The third kappa shape index (κ3) is 2.76. The molecule has 3 aromatic heterocycles. The van der Waals surface area contributed by atoms with Gasteiger partial charge in [-0.15, -0.1) is 0 Å². The van der Waals surface area contributed by atoms with E-state index in [4.69, 9.17) is 4.74 Å². The summed E-state index contributed by atoms with van der Waals surface area (Å²) in [5, 5.41) is 8.06. The Bertz CT molecular complexity index is 726. The fourth-order valence-corrected chi connectivity index (χ4v) is 2.88. The standard InChI is InChI=1S/C14H20N4OSi/c1-20(2,3)7-6-19-10-18-5-4-11-8-12-13(9-15-17-12)16-14(11)18/h4-5,8-9H,6-7,10H2,1-3H3,(H,15,17). The van der Waals surface area contributed by atoms with E-state index in [0.717, 1.165) is 28.7 Å². The fraction of sp³-hybridized carbons (Fsp3) is 0.429. The molecule has 6 heteroatoms. The average Bonchev–Trinajstić information content (AvgIpc) is 2.97. The molecule has 106 valence electrons. The molecule has 0 aliphatic heterocycles. The monoisotopic (exact) mass is 288 g/mol. The van der Waals surface area contributed by atoms with Crippen molar-refractivity contribution < 1.29 is 4.74 Å². The minimum absolute atomic E-state index is 0.560. The Labute approximate surface area is 119 Å². The van der Waals surface area contributed by atoms with E-state index in [-0.39, 0.29) is 0 Å². The number of aromatic amines is 1. The maximum atomic E-state index is 5.79. The van der Waals surface area contributed by atoms with Crippen LogP contribution in [0.5, 0.6) is 0 Å². The number of aromatic nitrogens is 4. The number of nitrogens with zero attached hydrogens (tertiary/aromatic N) is 3. The van der Waals surface area contributed by atoms with Crippen LogP contribution in [-0.2, 0) is 11.5 Å². The maximum absolute atomic E-state index is 5.79. The molecule has 1 N–H and O–H groups in total. The Morgan fingerprint density at radius 1 is 1.35 bits per heavy atom. The second-order valence-corrected chi connectivity index (χ2v) is 12.0. The van der Waals surface area contributed by atoms with E-state index < -0.39 is 8.07 Å². The molecule has 0 radical (unpaired) electrons. The van der Waals surface area contributed by atoms with E-state index in [1.54, 1.807) is 6.20 Å². The predicted molar refractivity (Wildman–Crippen MR) is 83.5 cm³/mol. The van der Waals surface area contributed by atoms with Gasteiger partial charge in [0.2, 0.25) is 0 Å². The van der Waals surface area contributed by atoms with Crippen LogP contribution in [0, 0.1) is 0 Å². The van der Waals surface area contributed by atoms with Crippen molar-refractivity contribution >= 4 is 30.1 Å². The van der Waals surface area contributed by atoms with Gasteiger partial charge in [0, 0.05) is 26.3 Å². The number of ether oxygens (including phenoxy) is 1. The van der Waals surface area contributed by atoms with Crippen LogP contribution >= 0.6 is 0 Å². The lowest BCUT2D eigenvalue weighted by Gasteiger charge is -2.15. The molecule has 3 aromatic rings. The lowest BCUT2D eigenvalue weighted by molar-refractivity contribution is 0.0899. The summed E-state index contributed by atoms with van der Waals surface area (Å²) in [6, 6.07) is 5.32. The van der Waals surface area contributed by atoms with Crippen molar-refractivity contribution in [3.05, 3.63) is 24.5 Å². The molecule has 0 amide bonds.